The van der Waals surface area contributed by atoms with Gasteiger partial charge in [0.25, 0.3) is 0 Å². The Kier molecular flexibility index (Phi) is 4.29. The second-order valence-corrected chi connectivity index (χ2v) is 3.02. The van der Waals surface area contributed by atoms with Crippen molar-refractivity contribution in [3.8, 4) is 0 Å². The standard InChI is InChI=1S/C13H15N/c1-2-3-5-10-13(14)11-12-8-6-4-7-9-12/h2-10H,1,11,14H2/b5-3-,13-10+. The normalized spacial score (nSPS) is 11.9. The molecule has 0 aliphatic carbocycles. The van der Waals surface area contributed by atoms with Crippen LogP contribution in [0.2, 0.25) is 0 Å². The van der Waals surface area contributed by atoms with Crippen LogP contribution in [-0.2, 0) is 6.42 Å². The van der Waals surface area contributed by atoms with Crippen LogP contribution in [0.25, 0.3) is 0 Å². The molecule has 0 bridgehead atoms. The summed E-state index contributed by atoms with van der Waals surface area (Å²) in [6.07, 6.45) is 8.17. The first kappa shape index (κ1) is 10.3. The minimum atomic E-state index is 0.794. The highest BCUT2D eigenvalue weighted by Crippen LogP contribution is 2.03. The first-order chi connectivity index (χ1) is 6.83. The molecule has 1 heteroatoms. The summed E-state index contributed by atoms with van der Waals surface area (Å²) in [5.41, 5.74) is 7.91. The van der Waals surface area contributed by atoms with E-state index in [1.54, 1.807) is 6.08 Å². The maximum Gasteiger partial charge on any atom is 0.0125 e. The molecule has 0 saturated carbocycles. The number of nitrogens with two attached hydrogens (primary N) is 1. The highest BCUT2D eigenvalue weighted by atomic mass is 14.6. The minimum absolute atomic E-state index is 0.794. The van der Waals surface area contributed by atoms with E-state index in [4.69, 9.17) is 5.73 Å². The quantitative estimate of drug-likeness (QED) is 0.717. The molecule has 1 aromatic rings. The molecule has 0 saturated heterocycles. The van der Waals surface area contributed by atoms with Crippen LogP contribution in [0, 0.1) is 0 Å². The molecular formula is C13H15N. The molecule has 0 radical (unpaired) electrons. The SMILES string of the molecule is C=C/C=C\C=C(\N)Cc1ccccc1. The molecule has 0 aliphatic rings. The van der Waals surface area contributed by atoms with Gasteiger partial charge in [0, 0.05) is 12.1 Å². The minimum Gasteiger partial charge on any atom is -0.402 e. The lowest BCUT2D eigenvalue weighted by molar-refractivity contribution is 1.11. The maximum absolute atomic E-state index is 5.82. The van der Waals surface area contributed by atoms with Crippen molar-refractivity contribution >= 4 is 0 Å². The number of benzene rings is 1. The second-order valence-electron chi connectivity index (χ2n) is 3.02. The van der Waals surface area contributed by atoms with Gasteiger partial charge in [-0.3, -0.25) is 0 Å². The number of allylic oxidation sites excluding steroid dienone is 5. The molecular weight excluding hydrogens is 170 g/mol. The molecule has 1 aromatic carbocycles. The Bertz CT molecular complexity index is 334. The van der Waals surface area contributed by atoms with E-state index in [0.717, 1.165) is 12.1 Å². The molecule has 72 valence electrons. The van der Waals surface area contributed by atoms with Gasteiger partial charge in [-0.2, -0.15) is 0 Å². The van der Waals surface area contributed by atoms with E-state index < -0.39 is 0 Å². The smallest absolute Gasteiger partial charge is 0.0125 e. The summed E-state index contributed by atoms with van der Waals surface area (Å²) in [7, 11) is 0. The van der Waals surface area contributed by atoms with Crippen LogP contribution >= 0.6 is 0 Å². The summed E-state index contributed by atoms with van der Waals surface area (Å²) in [6.45, 7) is 3.58. The van der Waals surface area contributed by atoms with Crippen LogP contribution < -0.4 is 5.73 Å². The summed E-state index contributed by atoms with van der Waals surface area (Å²) in [5, 5.41) is 0. The Balaban J connectivity index is 2.57. The predicted octanol–water partition coefficient (Wildman–Crippen LogP) is 2.81. The number of hydrogen-bond acceptors (Lipinski definition) is 1. The lowest BCUT2D eigenvalue weighted by Gasteiger charge is -1.99. The van der Waals surface area contributed by atoms with E-state index >= 15 is 0 Å². The van der Waals surface area contributed by atoms with Crippen molar-refractivity contribution in [3.63, 3.8) is 0 Å². The molecule has 0 fully saturated rings. The van der Waals surface area contributed by atoms with Gasteiger partial charge in [0.1, 0.15) is 0 Å². The Morgan fingerprint density at radius 3 is 2.57 bits per heavy atom. The number of rotatable bonds is 4. The summed E-state index contributed by atoms with van der Waals surface area (Å²) in [4.78, 5) is 0. The van der Waals surface area contributed by atoms with E-state index in [2.05, 4.69) is 18.7 Å². The van der Waals surface area contributed by atoms with Gasteiger partial charge in [-0.25, -0.2) is 0 Å². The molecule has 0 spiro atoms. The largest absolute Gasteiger partial charge is 0.402 e. The first-order valence-electron chi connectivity index (χ1n) is 4.60. The fraction of sp³-hybridized carbons (Fsp3) is 0.0769. The molecule has 14 heavy (non-hydrogen) atoms. The molecule has 1 nitrogen and oxygen atoms in total. The van der Waals surface area contributed by atoms with E-state index in [-0.39, 0.29) is 0 Å². The van der Waals surface area contributed by atoms with Gasteiger partial charge in [0.05, 0.1) is 0 Å². The third kappa shape index (κ3) is 3.76. The van der Waals surface area contributed by atoms with Gasteiger partial charge in [-0.1, -0.05) is 55.1 Å². The van der Waals surface area contributed by atoms with Crippen molar-refractivity contribution in [3.05, 3.63) is 72.5 Å². The average Bonchev–Trinajstić information content (AvgIpc) is 2.20. The fourth-order valence-electron chi connectivity index (χ4n) is 1.15. The lowest BCUT2D eigenvalue weighted by atomic mass is 10.1. The fourth-order valence-corrected chi connectivity index (χ4v) is 1.15. The van der Waals surface area contributed by atoms with Crippen LogP contribution in [0.15, 0.2) is 66.9 Å². The maximum atomic E-state index is 5.82. The average molecular weight is 185 g/mol. The molecule has 0 aromatic heterocycles. The van der Waals surface area contributed by atoms with Crippen molar-refractivity contribution < 1.29 is 0 Å². The van der Waals surface area contributed by atoms with E-state index in [1.165, 1.54) is 5.56 Å². The second kappa shape index (κ2) is 5.81. The van der Waals surface area contributed by atoms with Crippen molar-refractivity contribution in [2.45, 2.75) is 6.42 Å². The highest BCUT2D eigenvalue weighted by molar-refractivity contribution is 5.23. The highest BCUT2D eigenvalue weighted by Gasteiger charge is 1.91. The third-order valence-electron chi connectivity index (χ3n) is 1.81. The van der Waals surface area contributed by atoms with Gasteiger partial charge in [0.2, 0.25) is 0 Å². The predicted molar refractivity (Wildman–Crippen MR) is 61.8 cm³/mol. The zero-order chi connectivity index (χ0) is 10.2. The molecule has 0 aliphatic heterocycles. The van der Waals surface area contributed by atoms with Crippen molar-refractivity contribution in [1.82, 2.24) is 0 Å². The Morgan fingerprint density at radius 1 is 1.21 bits per heavy atom. The van der Waals surface area contributed by atoms with E-state index in [9.17, 15) is 0 Å². The van der Waals surface area contributed by atoms with Crippen molar-refractivity contribution in [1.29, 1.82) is 0 Å². The van der Waals surface area contributed by atoms with Crippen molar-refractivity contribution in [2.75, 3.05) is 0 Å². The van der Waals surface area contributed by atoms with Crippen LogP contribution in [0.5, 0.6) is 0 Å². The Morgan fingerprint density at radius 2 is 1.93 bits per heavy atom. The third-order valence-corrected chi connectivity index (χ3v) is 1.81. The molecule has 1 rings (SSSR count). The van der Waals surface area contributed by atoms with Crippen LogP contribution in [0.4, 0.5) is 0 Å². The number of hydrogen-bond donors (Lipinski definition) is 1. The van der Waals surface area contributed by atoms with Gasteiger partial charge in [-0.05, 0) is 11.6 Å². The van der Waals surface area contributed by atoms with Gasteiger partial charge >= 0.3 is 0 Å². The van der Waals surface area contributed by atoms with Crippen molar-refractivity contribution in [2.24, 2.45) is 5.73 Å². The Labute approximate surface area is 85.3 Å². The Hall–Kier alpha value is -1.76. The summed E-state index contributed by atoms with van der Waals surface area (Å²) in [5.74, 6) is 0. The summed E-state index contributed by atoms with van der Waals surface area (Å²) >= 11 is 0. The van der Waals surface area contributed by atoms with E-state index in [1.807, 2.05) is 36.4 Å². The van der Waals surface area contributed by atoms with Gasteiger partial charge < -0.3 is 5.73 Å². The summed E-state index contributed by atoms with van der Waals surface area (Å²) < 4.78 is 0. The van der Waals surface area contributed by atoms with Crippen LogP contribution in [-0.4, -0.2) is 0 Å². The zero-order valence-electron chi connectivity index (χ0n) is 8.19. The topological polar surface area (TPSA) is 26.0 Å². The van der Waals surface area contributed by atoms with Gasteiger partial charge in [-0.15, -0.1) is 0 Å². The van der Waals surface area contributed by atoms with Crippen LogP contribution in [0.3, 0.4) is 0 Å². The molecule has 0 amide bonds. The zero-order valence-corrected chi connectivity index (χ0v) is 8.19. The van der Waals surface area contributed by atoms with Gasteiger partial charge in [0.15, 0.2) is 0 Å². The van der Waals surface area contributed by atoms with Crippen LogP contribution in [0.1, 0.15) is 5.56 Å². The van der Waals surface area contributed by atoms with E-state index in [0.29, 0.717) is 0 Å². The first-order valence-corrected chi connectivity index (χ1v) is 4.60. The molecule has 2 N–H and O–H groups in total. The summed E-state index contributed by atoms with van der Waals surface area (Å²) in [6, 6.07) is 10.2. The molecule has 0 heterocycles. The monoisotopic (exact) mass is 185 g/mol. The lowest BCUT2D eigenvalue weighted by Crippen LogP contribution is -2.00. The molecule has 0 atom stereocenters. The molecule has 0 unspecified atom stereocenters.